The zero-order valence-electron chi connectivity index (χ0n) is 4.58. The van der Waals surface area contributed by atoms with Crippen LogP contribution in [0.1, 0.15) is 20.8 Å². The van der Waals surface area contributed by atoms with Crippen LogP contribution in [0.4, 0.5) is 0 Å². The van der Waals surface area contributed by atoms with Gasteiger partial charge in [-0.25, -0.2) is 0 Å². The Morgan fingerprint density at radius 2 is 1.50 bits per heavy atom. The summed E-state index contributed by atoms with van der Waals surface area (Å²) in [5, 5.41) is 6.73. The molecule has 0 saturated carbocycles. The first-order chi connectivity index (χ1) is 2.56. The number of hydrogen-bond donors (Lipinski definition) is 1. The van der Waals surface area contributed by atoms with Crippen LogP contribution < -0.4 is 0 Å². The average Bonchev–Trinajstić information content (AvgIpc) is 1.35. The van der Waals surface area contributed by atoms with Crippen molar-refractivity contribution in [1.82, 2.24) is 0 Å². The van der Waals surface area contributed by atoms with E-state index < -0.39 is 0 Å². The maximum Gasteiger partial charge on any atom is 0.000591 e. The van der Waals surface area contributed by atoms with Crippen LogP contribution in [0, 0.1) is 10.8 Å². The molecule has 0 saturated heterocycles. The Bertz CT molecular complexity index is 49.4. The number of nitrogens with one attached hydrogen (secondary N) is 1. The Morgan fingerprint density at radius 3 is 1.50 bits per heavy atom. The molecule has 1 nitrogen and oxygen atoms in total. The monoisotopic (exact) mass is 85.1 g/mol. The van der Waals surface area contributed by atoms with E-state index in [1.54, 1.807) is 0 Å². The lowest BCUT2D eigenvalue weighted by atomic mass is 10.00. The summed E-state index contributed by atoms with van der Waals surface area (Å²) >= 11 is 0. The van der Waals surface area contributed by atoms with Gasteiger partial charge in [-0.3, -0.25) is 0 Å². The van der Waals surface area contributed by atoms with Crippen molar-refractivity contribution in [2.45, 2.75) is 20.8 Å². The van der Waals surface area contributed by atoms with Gasteiger partial charge in [-0.05, 0) is 5.41 Å². The first-order valence-corrected chi connectivity index (χ1v) is 2.08. The highest BCUT2D eigenvalue weighted by molar-refractivity contribution is 5.59. The SMILES string of the molecule is CC(C)(C)C=N. The number of hydrogen-bond acceptors (Lipinski definition) is 1. The van der Waals surface area contributed by atoms with E-state index in [1.807, 2.05) is 20.8 Å². The molecular weight excluding hydrogens is 74.1 g/mol. The van der Waals surface area contributed by atoms with Crippen molar-refractivity contribution in [1.29, 1.82) is 5.41 Å². The fourth-order valence-corrected chi connectivity index (χ4v) is 0. The minimum absolute atomic E-state index is 0.0833. The topological polar surface area (TPSA) is 23.9 Å². The third kappa shape index (κ3) is 3.67. The maximum absolute atomic E-state index is 6.73. The molecule has 0 heterocycles. The molecule has 0 aromatic heterocycles. The highest BCUT2D eigenvalue weighted by Crippen LogP contribution is 2.05. The second kappa shape index (κ2) is 1.41. The van der Waals surface area contributed by atoms with Gasteiger partial charge in [0.15, 0.2) is 0 Å². The van der Waals surface area contributed by atoms with Crippen molar-refractivity contribution in [3.63, 3.8) is 0 Å². The Hall–Kier alpha value is -0.330. The summed E-state index contributed by atoms with van der Waals surface area (Å²) < 4.78 is 0. The Morgan fingerprint density at radius 1 is 1.33 bits per heavy atom. The molecule has 0 spiro atoms. The summed E-state index contributed by atoms with van der Waals surface area (Å²) in [6.45, 7) is 6.00. The summed E-state index contributed by atoms with van der Waals surface area (Å²) in [5.41, 5.74) is 0.0833. The highest BCUT2D eigenvalue weighted by atomic mass is 14.4. The van der Waals surface area contributed by atoms with Crippen LogP contribution in [0.5, 0.6) is 0 Å². The number of rotatable bonds is 0. The smallest absolute Gasteiger partial charge is 0.000591 e. The van der Waals surface area contributed by atoms with Gasteiger partial charge in [0.25, 0.3) is 0 Å². The van der Waals surface area contributed by atoms with Crippen LogP contribution in [0.25, 0.3) is 0 Å². The Labute approximate surface area is 38.9 Å². The van der Waals surface area contributed by atoms with Crippen LogP contribution in [0.15, 0.2) is 0 Å². The quantitative estimate of drug-likeness (QED) is 0.433. The van der Waals surface area contributed by atoms with E-state index in [9.17, 15) is 0 Å². The molecule has 0 rings (SSSR count). The fraction of sp³-hybridized carbons (Fsp3) is 0.800. The summed E-state index contributed by atoms with van der Waals surface area (Å²) in [4.78, 5) is 0. The van der Waals surface area contributed by atoms with E-state index in [0.717, 1.165) is 0 Å². The minimum Gasteiger partial charge on any atom is -0.313 e. The van der Waals surface area contributed by atoms with E-state index in [1.165, 1.54) is 6.21 Å². The van der Waals surface area contributed by atoms with E-state index in [-0.39, 0.29) is 5.41 Å². The molecule has 0 unspecified atom stereocenters. The second-order valence-corrected chi connectivity index (χ2v) is 2.51. The van der Waals surface area contributed by atoms with Crippen LogP contribution in [-0.2, 0) is 0 Å². The molecule has 0 bridgehead atoms. The molecule has 0 aliphatic rings. The van der Waals surface area contributed by atoms with Crippen molar-refractivity contribution in [2.75, 3.05) is 0 Å². The van der Waals surface area contributed by atoms with Gasteiger partial charge in [-0.2, -0.15) is 0 Å². The molecule has 1 N–H and O–H groups in total. The van der Waals surface area contributed by atoms with E-state index in [4.69, 9.17) is 5.41 Å². The molecule has 0 aliphatic heterocycles. The fourth-order valence-electron chi connectivity index (χ4n) is 0. The van der Waals surface area contributed by atoms with Crippen molar-refractivity contribution in [2.24, 2.45) is 5.41 Å². The molecule has 0 fully saturated rings. The summed E-state index contributed by atoms with van der Waals surface area (Å²) in [6, 6.07) is 0. The van der Waals surface area contributed by atoms with Gasteiger partial charge >= 0.3 is 0 Å². The molecule has 0 radical (unpaired) electrons. The maximum atomic E-state index is 6.73. The van der Waals surface area contributed by atoms with Gasteiger partial charge in [0.1, 0.15) is 0 Å². The molecule has 0 aromatic carbocycles. The van der Waals surface area contributed by atoms with Gasteiger partial charge in [-0.1, -0.05) is 20.8 Å². The summed E-state index contributed by atoms with van der Waals surface area (Å²) in [5.74, 6) is 0. The summed E-state index contributed by atoms with van der Waals surface area (Å²) in [7, 11) is 0. The highest BCUT2D eigenvalue weighted by Gasteiger charge is 2.01. The average molecular weight is 85.1 g/mol. The van der Waals surface area contributed by atoms with Gasteiger partial charge < -0.3 is 5.41 Å². The van der Waals surface area contributed by atoms with Crippen LogP contribution in [0.3, 0.4) is 0 Å². The predicted octanol–water partition coefficient (Wildman–Crippen LogP) is 1.68. The molecule has 0 amide bonds. The standard InChI is InChI=1S/C5H11N/c1-5(2,3)4-6/h4,6H,1-3H3. The predicted molar refractivity (Wildman–Crippen MR) is 28.2 cm³/mol. The third-order valence-corrected chi connectivity index (χ3v) is 0.433. The Kier molecular flexibility index (Phi) is 1.34. The van der Waals surface area contributed by atoms with Crippen LogP contribution in [0.2, 0.25) is 0 Å². The van der Waals surface area contributed by atoms with Crippen molar-refractivity contribution in [3.05, 3.63) is 0 Å². The van der Waals surface area contributed by atoms with E-state index in [2.05, 4.69) is 0 Å². The van der Waals surface area contributed by atoms with E-state index >= 15 is 0 Å². The molecule has 36 valence electrons. The molecule has 0 atom stereocenters. The zero-order chi connectivity index (χ0) is 5.21. The van der Waals surface area contributed by atoms with Gasteiger partial charge in [0, 0.05) is 6.21 Å². The lowest BCUT2D eigenvalue weighted by molar-refractivity contribution is 0.604. The Balaban J connectivity index is 3.45. The summed E-state index contributed by atoms with van der Waals surface area (Å²) in [6.07, 6.45) is 1.44. The lowest BCUT2D eigenvalue weighted by Crippen LogP contribution is -2.03. The minimum atomic E-state index is 0.0833. The van der Waals surface area contributed by atoms with Gasteiger partial charge in [0.05, 0.1) is 0 Å². The van der Waals surface area contributed by atoms with Crippen LogP contribution >= 0.6 is 0 Å². The first-order valence-electron chi connectivity index (χ1n) is 2.08. The molecule has 6 heavy (non-hydrogen) atoms. The van der Waals surface area contributed by atoms with Gasteiger partial charge in [0.2, 0.25) is 0 Å². The third-order valence-electron chi connectivity index (χ3n) is 0.433. The normalized spacial score (nSPS) is 11.2. The molecular formula is C5H11N. The zero-order valence-corrected chi connectivity index (χ0v) is 4.58. The lowest BCUT2D eigenvalue weighted by Gasteiger charge is -2.06. The molecule has 0 aliphatic carbocycles. The molecule has 1 heteroatoms. The largest absolute Gasteiger partial charge is 0.313 e. The second-order valence-electron chi connectivity index (χ2n) is 2.51. The van der Waals surface area contributed by atoms with Crippen molar-refractivity contribution in [3.8, 4) is 0 Å². The van der Waals surface area contributed by atoms with E-state index in [0.29, 0.717) is 0 Å². The van der Waals surface area contributed by atoms with Crippen molar-refractivity contribution < 1.29 is 0 Å². The molecule has 0 aromatic rings. The first kappa shape index (κ1) is 5.67. The van der Waals surface area contributed by atoms with Crippen LogP contribution in [-0.4, -0.2) is 6.21 Å². The van der Waals surface area contributed by atoms with Crippen molar-refractivity contribution >= 4 is 6.21 Å². The van der Waals surface area contributed by atoms with Gasteiger partial charge in [-0.15, -0.1) is 0 Å².